The van der Waals surface area contributed by atoms with Gasteiger partial charge >= 0.3 is 12.1 Å². The van der Waals surface area contributed by atoms with Crippen LogP contribution in [0, 0.1) is 0 Å². The van der Waals surface area contributed by atoms with Crippen LogP contribution < -0.4 is 0 Å². The fourth-order valence-electron chi connectivity index (χ4n) is 2.51. The van der Waals surface area contributed by atoms with Gasteiger partial charge in [0.25, 0.3) is 0 Å². The lowest BCUT2D eigenvalue weighted by Crippen LogP contribution is -2.14. The van der Waals surface area contributed by atoms with Gasteiger partial charge in [0.1, 0.15) is 10.6 Å². The van der Waals surface area contributed by atoms with Crippen LogP contribution in [0.2, 0.25) is 0 Å². The molecule has 0 radical (unpaired) electrons. The molecular weight excluding hydrogens is 377 g/mol. The van der Waals surface area contributed by atoms with Gasteiger partial charge in [-0.15, -0.1) is 11.8 Å². The van der Waals surface area contributed by atoms with Crippen LogP contribution in [0.15, 0.2) is 29.3 Å². The molecule has 148 valence electrons. The number of carbonyl (C=O) groups is 1. The molecule has 1 aromatic carbocycles. The third-order valence-electron chi connectivity index (χ3n) is 3.94. The minimum absolute atomic E-state index is 0.0105. The molecule has 1 aromatic heterocycles. The summed E-state index contributed by atoms with van der Waals surface area (Å²) in [5.74, 6) is -0.600. The molecule has 0 aliphatic carbocycles. The molecule has 0 saturated heterocycles. The Bertz CT molecular complexity index is 806. The third-order valence-corrected chi connectivity index (χ3v) is 5.16. The predicted molar refractivity (Wildman–Crippen MR) is 98.9 cm³/mol. The maximum absolute atomic E-state index is 13.3. The molecule has 0 amide bonds. The molecule has 0 aliphatic rings. The van der Waals surface area contributed by atoms with E-state index in [1.54, 1.807) is 6.92 Å². The molecular formula is C19H23F3N2O2S. The first-order chi connectivity index (χ1) is 12.4. The van der Waals surface area contributed by atoms with Gasteiger partial charge in [0, 0.05) is 12.8 Å². The summed E-state index contributed by atoms with van der Waals surface area (Å²) in [6, 6.07) is 7.90. The zero-order valence-corrected chi connectivity index (χ0v) is 16.8. The predicted octanol–water partition coefficient (Wildman–Crippen LogP) is 5.21. The van der Waals surface area contributed by atoms with Crippen molar-refractivity contribution in [2.75, 3.05) is 6.61 Å². The van der Waals surface area contributed by atoms with E-state index in [1.165, 1.54) is 12.6 Å². The summed E-state index contributed by atoms with van der Waals surface area (Å²) in [5.41, 5.74) is 0.393. The lowest BCUT2D eigenvalue weighted by molar-refractivity contribution is -0.142. The Labute approximate surface area is 161 Å². The topological polar surface area (TPSA) is 44.1 Å². The van der Waals surface area contributed by atoms with Crippen LogP contribution in [0.5, 0.6) is 0 Å². The van der Waals surface area contributed by atoms with E-state index in [2.05, 4.69) is 25.9 Å². The first-order valence-corrected chi connectivity index (χ1v) is 9.47. The van der Waals surface area contributed by atoms with Crippen molar-refractivity contribution < 1.29 is 22.7 Å². The molecule has 8 heteroatoms. The van der Waals surface area contributed by atoms with Gasteiger partial charge in [-0.1, -0.05) is 45.0 Å². The van der Waals surface area contributed by atoms with E-state index < -0.39 is 23.4 Å². The number of alkyl halides is 3. The van der Waals surface area contributed by atoms with Crippen molar-refractivity contribution in [1.29, 1.82) is 0 Å². The molecule has 0 bridgehead atoms. The molecule has 1 heterocycles. The molecule has 2 aromatic rings. The zero-order valence-electron chi connectivity index (χ0n) is 16.0. The number of rotatable bonds is 5. The summed E-state index contributed by atoms with van der Waals surface area (Å²) < 4.78 is 45.7. The number of halogens is 3. The number of hydrogen-bond donors (Lipinski definition) is 0. The van der Waals surface area contributed by atoms with E-state index >= 15 is 0 Å². The molecule has 0 aliphatic heterocycles. The lowest BCUT2D eigenvalue weighted by atomic mass is 9.87. The highest BCUT2D eigenvalue weighted by Gasteiger charge is 2.41. The Balaban J connectivity index is 2.30. The highest BCUT2D eigenvalue weighted by Crippen LogP contribution is 2.37. The number of aromatic nitrogens is 2. The van der Waals surface area contributed by atoms with Crippen molar-refractivity contribution in [1.82, 2.24) is 9.78 Å². The van der Waals surface area contributed by atoms with E-state index in [9.17, 15) is 18.0 Å². The molecule has 0 unspecified atom stereocenters. The van der Waals surface area contributed by atoms with Gasteiger partial charge in [-0.05, 0) is 23.5 Å². The monoisotopic (exact) mass is 400 g/mol. The van der Waals surface area contributed by atoms with Crippen molar-refractivity contribution in [2.45, 2.75) is 50.1 Å². The summed E-state index contributed by atoms with van der Waals surface area (Å²) in [4.78, 5) is 12.1. The summed E-state index contributed by atoms with van der Waals surface area (Å²) in [6.45, 7) is 7.86. The van der Waals surface area contributed by atoms with Gasteiger partial charge < -0.3 is 4.74 Å². The van der Waals surface area contributed by atoms with Crippen LogP contribution in [-0.4, -0.2) is 22.4 Å². The molecule has 0 atom stereocenters. The van der Waals surface area contributed by atoms with E-state index in [4.69, 9.17) is 4.74 Å². The second-order valence-corrected chi connectivity index (χ2v) is 8.07. The lowest BCUT2D eigenvalue weighted by Gasteiger charge is -2.19. The minimum Gasteiger partial charge on any atom is -0.462 e. The number of ether oxygens (including phenoxy) is 1. The van der Waals surface area contributed by atoms with Crippen molar-refractivity contribution in [3.8, 4) is 0 Å². The van der Waals surface area contributed by atoms with E-state index in [-0.39, 0.29) is 17.0 Å². The third kappa shape index (κ3) is 5.06. The van der Waals surface area contributed by atoms with E-state index in [0.717, 1.165) is 22.0 Å². The van der Waals surface area contributed by atoms with Crippen molar-refractivity contribution in [3.05, 3.63) is 46.6 Å². The van der Waals surface area contributed by atoms with Crippen LogP contribution >= 0.6 is 11.8 Å². The van der Waals surface area contributed by atoms with Crippen molar-refractivity contribution >= 4 is 17.7 Å². The standard InChI is InChI=1S/C19H23F3N2O2S/c1-6-26-17(25)14-15(19(20,21)22)23-24(5)16(14)27-11-12-7-9-13(10-8-12)18(2,3)4/h7-10H,6,11H2,1-5H3. The van der Waals surface area contributed by atoms with Gasteiger partial charge in [0.15, 0.2) is 5.69 Å². The molecule has 2 rings (SSSR count). The highest BCUT2D eigenvalue weighted by atomic mass is 32.2. The smallest absolute Gasteiger partial charge is 0.436 e. The van der Waals surface area contributed by atoms with Gasteiger partial charge in [0.05, 0.1) is 6.61 Å². The Morgan fingerprint density at radius 3 is 2.26 bits per heavy atom. The van der Waals surface area contributed by atoms with Gasteiger partial charge in [-0.2, -0.15) is 18.3 Å². The van der Waals surface area contributed by atoms with Gasteiger partial charge in [-0.25, -0.2) is 4.79 Å². The first-order valence-electron chi connectivity index (χ1n) is 8.48. The van der Waals surface area contributed by atoms with Crippen LogP contribution in [-0.2, 0) is 29.1 Å². The van der Waals surface area contributed by atoms with Crippen LogP contribution in [0.1, 0.15) is 54.9 Å². The van der Waals surface area contributed by atoms with Gasteiger partial charge in [0.2, 0.25) is 0 Å². The summed E-state index contributed by atoms with van der Waals surface area (Å²) in [5, 5.41) is 3.65. The quantitative estimate of drug-likeness (QED) is 0.511. The van der Waals surface area contributed by atoms with E-state index in [1.807, 2.05) is 24.3 Å². The average Bonchev–Trinajstić information content (AvgIpc) is 2.89. The van der Waals surface area contributed by atoms with Crippen LogP contribution in [0.4, 0.5) is 13.2 Å². The second kappa shape index (κ2) is 7.96. The van der Waals surface area contributed by atoms with Crippen molar-refractivity contribution in [2.24, 2.45) is 7.05 Å². The average molecular weight is 400 g/mol. The number of benzene rings is 1. The molecule has 27 heavy (non-hydrogen) atoms. The normalized spacial score (nSPS) is 12.3. The molecule has 0 N–H and O–H groups in total. The van der Waals surface area contributed by atoms with Crippen molar-refractivity contribution in [3.63, 3.8) is 0 Å². The van der Waals surface area contributed by atoms with Crippen LogP contribution in [0.25, 0.3) is 0 Å². The van der Waals surface area contributed by atoms with E-state index in [0.29, 0.717) is 5.75 Å². The Morgan fingerprint density at radius 2 is 1.78 bits per heavy atom. The molecule has 0 spiro atoms. The number of aryl methyl sites for hydroxylation is 1. The Hall–Kier alpha value is -1.96. The maximum Gasteiger partial charge on any atom is 0.436 e. The number of nitrogens with zero attached hydrogens (tertiary/aromatic N) is 2. The molecule has 0 saturated carbocycles. The Kier molecular flexibility index (Phi) is 6.29. The second-order valence-electron chi connectivity index (χ2n) is 7.11. The minimum atomic E-state index is -4.73. The zero-order chi connectivity index (χ0) is 20.4. The Morgan fingerprint density at radius 1 is 1.19 bits per heavy atom. The number of esters is 1. The molecule has 4 nitrogen and oxygen atoms in total. The summed E-state index contributed by atoms with van der Waals surface area (Å²) in [6.07, 6.45) is -4.73. The first kappa shape index (κ1) is 21.3. The number of hydrogen-bond acceptors (Lipinski definition) is 4. The highest BCUT2D eigenvalue weighted by molar-refractivity contribution is 7.98. The summed E-state index contributed by atoms with van der Waals surface area (Å²) >= 11 is 1.13. The fraction of sp³-hybridized carbons (Fsp3) is 0.474. The number of thioether (sulfide) groups is 1. The van der Waals surface area contributed by atoms with Crippen LogP contribution in [0.3, 0.4) is 0 Å². The SMILES string of the molecule is CCOC(=O)c1c(C(F)(F)F)nn(C)c1SCc1ccc(C(C)(C)C)cc1. The summed E-state index contributed by atoms with van der Waals surface area (Å²) in [7, 11) is 1.39. The fourth-order valence-corrected chi connectivity index (χ4v) is 3.56. The number of carbonyl (C=O) groups excluding carboxylic acids is 1. The van der Waals surface area contributed by atoms with Gasteiger partial charge in [-0.3, -0.25) is 4.68 Å². The largest absolute Gasteiger partial charge is 0.462 e. The maximum atomic E-state index is 13.3. The molecule has 0 fully saturated rings.